The van der Waals surface area contributed by atoms with Crippen molar-refractivity contribution in [1.82, 2.24) is 10.2 Å². The zero-order valence-electron chi connectivity index (χ0n) is 12.7. The van der Waals surface area contributed by atoms with Crippen LogP contribution in [0.1, 0.15) is 38.3 Å². The minimum Gasteiger partial charge on any atom is -0.506 e. The van der Waals surface area contributed by atoms with Gasteiger partial charge in [-0.15, -0.1) is 0 Å². The first-order chi connectivity index (χ1) is 9.99. The molecule has 21 heavy (non-hydrogen) atoms. The molecule has 1 saturated heterocycles. The lowest BCUT2D eigenvalue weighted by atomic mass is 9.95. The van der Waals surface area contributed by atoms with E-state index in [9.17, 15) is 5.11 Å². The zero-order valence-corrected chi connectivity index (χ0v) is 15.9. The Morgan fingerprint density at radius 3 is 2.24 bits per heavy atom. The molecule has 0 unspecified atom stereocenters. The summed E-state index contributed by atoms with van der Waals surface area (Å²) in [5.74, 6) is 0.987. The highest BCUT2D eigenvalue weighted by atomic mass is 79.9. The molecule has 5 heteroatoms. The lowest BCUT2D eigenvalue weighted by Gasteiger charge is -2.36. The number of benzene rings is 1. The van der Waals surface area contributed by atoms with Crippen molar-refractivity contribution in [3.8, 4) is 5.75 Å². The van der Waals surface area contributed by atoms with Crippen LogP contribution in [0.5, 0.6) is 5.75 Å². The third-order valence-electron chi connectivity index (χ3n) is 4.03. The molecule has 0 spiro atoms. The highest BCUT2D eigenvalue weighted by Gasteiger charge is 2.23. The van der Waals surface area contributed by atoms with Gasteiger partial charge in [0.1, 0.15) is 5.75 Å². The predicted octanol–water partition coefficient (Wildman–Crippen LogP) is 4.30. The summed E-state index contributed by atoms with van der Waals surface area (Å²) in [6.07, 6.45) is 2.37. The second-order valence-corrected chi connectivity index (χ2v) is 7.81. The van der Waals surface area contributed by atoms with E-state index >= 15 is 0 Å². The molecule has 0 aromatic heterocycles. The van der Waals surface area contributed by atoms with E-state index in [1.807, 2.05) is 0 Å². The van der Waals surface area contributed by atoms with E-state index in [-0.39, 0.29) is 5.75 Å². The molecular weight excluding hydrogens is 396 g/mol. The number of rotatable bonds is 5. The maximum absolute atomic E-state index is 9.92. The number of nitrogens with one attached hydrogen (secondary N) is 1. The van der Waals surface area contributed by atoms with Crippen LogP contribution >= 0.6 is 31.9 Å². The van der Waals surface area contributed by atoms with E-state index < -0.39 is 0 Å². The Morgan fingerprint density at radius 2 is 1.71 bits per heavy atom. The van der Waals surface area contributed by atoms with E-state index in [1.54, 1.807) is 0 Å². The van der Waals surface area contributed by atoms with Crippen LogP contribution < -0.4 is 5.32 Å². The SMILES string of the molecule is CC(C)CC[C@H](c1cc(Br)c(O)c(Br)c1)N1CCNCC1. The highest BCUT2D eigenvalue weighted by Crippen LogP contribution is 2.38. The first-order valence-electron chi connectivity index (χ1n) is 7.61. The van der Waals surface area contributed by atoms with Crippen molar-refractivity contribution in [2.75, 3.05) is 26.2 Å². The maximum Gasteiger partial charge on any atom is 0.143 e. The quantitative estimate of drug-likeness (QED) is 0.746. The average Bonchev–Trinajstić information content (AvgIpc) is 2.45. The van der Waals surface area contributed by atoms with Crippen molar-refractivity contribution >= 4 is 31.9 Å². The van der Waals surface area contributed by atoms with Gasteiger partial charge in [-0.2, -0.15) is 0 Å². The molecule has 0 radical (unpaired) electrons. The van der Waals surface area contributed by atoms with Gasteiger partial charge in [0.25, 0.3) is 0 Å². The van der Waals surface area contributed by atoms with Gasteiger partial charge in [-0.05, 0) is 68.3 Å². The zero-order chi connectivity index (χ0) is 15.4. The molecule has 1 aliphatic rings. The molecular formula is C16H24Br2N2O. The van der Waals surface area contributed by atoms with E-state index in [2.05, 4.69) is 68.1 Å². The molecule has 0 bridgehead atoms. The fourth-order valence-corrected chi connectivity index (χ4v) is 4.04. The fourth-order valence-electron chi connectivity index (χ4n) is 2.82. The van der Waals surface area contributed by atoms with E-state index in [4.69, 9.17) is 0 Å². The number of hydrogen-bond acceptors (Lipinski definition) is 3. The Hall–Kier alpha value is -0.100. The maximum atomic E-state index is 9.92. The summed E-state index contributed by atoms with van der Waals surface area (Å²) in [4.78, 5) is 2.56. The summed E-state index contributed by atoms with van der Waals surface area (Å²) in [5.41, 5.74) is 1.27. The number of phenolic OH excluding ortho intramolecular Hbond substituents is 1. The number of hydrogen-bond donors (Lipinski definition) is 2. The van der Waals surface area contributed by atoms with Crippen molar-refractivity contribution in [1.29, 1.82) is 0 Å². The Labute approximate surface area is 144 Å². The fraction of sp³-hybridized carbons (Fsp3) is 0.625. The molecule has 0 aliphatic carbocycles. The third-order valence-corrected chi connectivity index (χ3v) is 5.24. The van der Waals surface area contributed by atoms with Crippen LogP contribution in [0.3, 0.4) is 0 Å². The molecule has 118 valence electrons. The van der Waals surface area contributed by atoms with Crippen LogP contribution in [0.4, 0.5) is 0 Å². The number of nitrogens with zero attached hydrogens (tertiary/aromatic N) is 1. The van der Waals surface area contributed by atoms with Crippen LogP contribution in [0.25, 0.3) is 0 Å². The Kier molecular flexibility index (Phi) is 6.53. The number of phenols is 1. The number of halogens is 2. The van der Waals surface area contributed by atoms with Crippen molar-refractivity contribution in [2.45, 2.75) is 32.7 Å². The molecule has 0 amide bonds. The highest BCUT2D eigenvalue weighted by molar-refractivity contribution is 9.11. The topological polar surface area (TPSA) is 35.5 Å². The smallest absolute Gasteiger partial charge is 0.143 e. The second kappa shape index (κ2) is 7.95. The van der Waals surface area contributed by atoms with Crippen molar-refractivity contribution in [3.05, 3.63) is 26.6 Å². The Morgan fingerprint density at radius 1 is 1.14 bits per heavy atom. The van der Waals surface area contributed by atoms with Crippen LogP contribution in [0.15, 0.2) is 21.1 Å². The first-order valence-corrected chi connectivity index (χ1v) is 9.20. The molecule has 1 aromatic carbocycles. The van der Waals surface area contributed by atoms with Crippen LogP contribution in [0, 0.1) is 5.92 Å². The monoisotopic (exact) mass is 418 g/mol. The van der Waals surface area contributed by atoms with Crippen molar-refractivity contribution in [2.24, 2.45) is 5.92 Å². The standard InChI is InChI=1S/C16H24Br2N2O/c1-11(2)3-4-15(20-7-5-19-6-8-20)12-9-13(17)16(21)14(18)10-12/h9-11,15,19,21H,3-8H2,1-2H3/t15-/m1/s1. The molecule has 1 heterocycles. The lowest BCUT2D eigenvalue weighted by molar-refractivity contribution is 0.159. The van der Waals surface area contributed by atoms with Gasteiger partial charge in [-0.25, -0.2) is 0 Å². The molecule has 1 aromatic rings. The van der Waals surface area contributed by atoms with Crippen molar-refractivity contribution < 1.29 is 5.11 Å². The molecule has 2 rings (SSSR count). The summed E-state index contributed by atoms with van der Waals surface area (Å²) in [6, 6.07) is 4.54. The van der Waals surface area contributed by atoms with E-state index in [0.717, 1.165) is 41.5 Å². The summed E-state index contributed by atoms with van der Waals surface area (Å²) in [5, 5.41) is 13.3. The minimum atomic E-state index is 0.279. The third kappa shape index (κ3) is 4.68. The minimum absolute atomic E-state index is 0.279. The van der Waals surface area contributed by atoms with E-state index in [1.165, 1.54) is 12.0 Å². The van der Waals surface area contributed by atoms with Gasteiger partial charge in [-0.3, -0.25) is 4.90 Å². The Bertz CT molecular complexity index is 450. The molecule has 2 N–H and O–H groups in total. The molecule has 1 fully saturated rings. The molecule has 0 saturated carbocycles. The van der Waals surface area contributed by atoms with Gasteiger partial charge in [0.15, 0.2) is 0 Å². The van der Waals surface area contributed by atoms with Gasteiger partial charge < -0.3 is 10.4 Å². The van der Waals surface area contributed by atoms with Gasteiger partial charge in [-0.1, -0.05) is 13.8 Å². The second-order valence-electron chi connectivity index (χ2n) is 6.11. The molecule has 1 aliphatic heterocycles. The average molecular weight is 420 g/mol. The van der Waals surface area contributed by atoms with E-state index in [0.29, 0.717) is 12.0 Å². The molecule has 3 nitrogen and oxygen atoms in total. The van der Waals surface area contributed by atoms with Gasteiger partial charge in [0, 0.05) is 32.2 Å². The summed E-state index contributed by atoms with van der Waals surface area (Å²) in [6.45, 7) is 8.82. The van der Waals surface area contributed by atoms with Crippen LogP contribution in [0.2, 0.25) is 0 Å². The van der Waals surface area contributed by atoms with Crippen molar-refractivity contribution in [3.63, 3.8) is 0 Å². The number of aromatic hydroxyl groups is 1. The molecule has 1 atom stereocenters. The van der Waals surface area contributed by atoms with Gasteiger partial charge >= 0.3 is 0 Å². The normalized spacial score (nSPS) is 18.1. The summed E-state index contributed by atoms with van der Waals surface area (Å²) < 4.78 is 1.52. The summed E-state index contributed by atoms with van der Waals surface area (Å²) in [7, 11) is 0. The largest absolute Gasteiger partial charge is 0.506 e. The van der Waals surface area contributed by atoms with Gasteiger partial charge in [0.05, 0.1) is 8.95 Å². The summed E-state index contributed by atoms with van der Waals surface area (Å²) >= 11 is 6.92. The Balaban J connectivity index is 2.24. The number of piperazine rings is 1. The first kappa shape index (κ1) is 17.3. The van der Waals surface area contributed by atoms with Crippen LogP contribution in [-0.4, -0.2) is 36.2 Å². The lowest BCUT2D eigenvalue weighted by Crippen LogP contribution is -2.45. The van der Waals surface area contributed by atoms with Crippen LogP contribution in [-0.2, 0) is 0 Å². The van der Waals surface area contributed by atoms with Gasteiger partial charge in [0.2, 0.25) is 0 Å². The predicted molar refractivity (Wildman–Crippen MR) is 94.8 cm³/mol.